The molecule has 0 spiro atoms. The first kappa shape index (κ1) is 22.8. The van der Waals surface area contributed by atoms with E-state index in [-0.39, 0.29) is 11.4 Å². The number of benzene rings is 2. The summed E-state index contributed by atoms with van der Waals surface area (Å²) in [6, 6.07) is 17.3. The van der Waals surface area contributed by atoms with Gasteiger partial charge in [-0.1, -0.05) is 49.8 Å². The molecule has 1 aliphatic rings. The molecule has 1 fully saturated rings. The molecule has 0 aliphatic heterocycles. The number of halogens is 2. The number of carbonyl (C=O) groups is 1. The van der Waals surface area contributed by atoms with Gasteiger partial charge in [0.2, 0.25) is 0 Å². The van der Waals surface area contributed by atoms with Crippen LogP contribution in [0.2, 0.25) is 0 Å². The molecule has 5 heteroatoms. The van der Waals surface area contributed by atoms with Gasteiger partial charge < -0.3 is 9.47 Å². The predicted octanol–water partition coefficient (Wildman–Crippen LogP) is 8.08. The first-order valence-electron chi connectivity index (χ1n) is 9.86. The molecule has 0 heterocycles. The summed E-state index contributed by atoms with van der Waals surface area (Å²) < 4.78 is 12.8. The molecule has 0 radical (unpaired) electrons. The Hall–Kier alpha value is -1.85. The Balaban J connectivity index is 1.87. The van der Waals surface area contributed by atoms with Gasteiger partial charge in [-0.15, -0.1) is 0 Å². The largest absolute Gasteiger partial charge is 0.457 e. The molecule has 0 N–H and O–H groups in total. The molecule has 1 aliphatic carbocycles. The van der Waals surface area contributed by atoms with Crippen LogP contribution in [-0.4, -0.2) is 5.97 Å². The van der Waals surface area contributed by atoms with Gasteiger partial charge in [0.25, 0.3) is 0 Å². The maximum absolute atomic E-state index is 13.3. The molecule has 0 saturated heterocycles. The maximum atomic E-state index is 13.3. The topological polar surface area (TPSA) is 35.5 Å². The number of hydrogen-bond donors (Lipinski definition) is 0. The minimum atomic E-state index is -0.638. The van der Waals surface area contributed by atoms with Gasteiger partial charge in [-0.25, -0.2) is 0 Å². The van der Waals surface area contributed by atoms with Gasteiger partial charge >= 0.3 is 5.97 Å². The summed E-state index contributed by atoms with van der Waals surface area (Å²) in [4.78, 5) is 13.3. The molecule has 30 heavy (non-hydrogen) atoms. The van der Waals surface area contributed by atoms with Crippen molar-refractivity contribution in [2.75, 3.05) is 0 Å². The maximum Gasteiger partial charge on any atom is 0.317 e. The number of rotatable bonds is 7. The van der Waals surface area contributed by atoms with E-state index < -0.39 is 11.5 Å². The lowest BCUT2D eigenvalue weighted by molar-refractivity contribution is -0.153. The van der Waals surface area contributed by atoms with Crippen LogP contribution in [0.1, 0.15) is 45.8 Å². The highest BCUT2D eigenvalue weighted by molar-refractivity contribution is 9.28. The van der Waals surface area contributed by atoms with Crippen LogP contribution in [0.25, 0.3) is 0 Å². The third-order valence-corrected chi connectivity index (χ3v) is 5.87. The smallest absolute Gasteiger partial charge is 0.317 e. The van der Waals surface area contributed by atoms with Crippen molar-refractivity contribution in [3.63, 3.8) is 0 Å². The standard InChI is InChI=1S/C25H26Br2O3/c1-17(2)13-21(30-23(28)25(15-22(26)27)16-24(25,3)4)18-9-8-12-20(14-18)29-19-10-6-5-7-11-19/h5-15,21H,16H2,1-4H3. The lowest BCUT2D eigenvalue weighted by Crippen LogP contribution is -2.24. The second-order valence-corrected chi connectivity index (χ2v) is 11.3. The molecule has 0 bridgehead atoms. The zero-order valence-electron chi connectivity index (χ0n) is 17.6. The van der Waals surface area contributed by atoms with Gasteiger partial charge in [-0.2, -0.15) is 0 Å². The van der Waals surface area contributed by atoms with E-state index in [0.717, 1.165) is 26.7 Å². The van der Waals surface area contributed by atoms with Gasteiger partial charge in [0, 0.05) is 5.56 Å². The highest BCUT2D eigenvalue weighted by atomic mass is 79.9. The molecule has 158 valence electrons. The lowest BCUT2D eigenvalue weighted by atomic mass is 9.96. The van der Waals surface area contributed by atoms with Crippen molar-refractivity contribution < 1.29 is 14.3 Å². The zero-order chi connectivity index (χ0) is 21.9. The van der Waals surface area contributed by atoms with Crippen molar-refractivity contribution in [3.8, 4) is 11.5 Å². The first-order valence-corrected chi connectivity index (χ1v) is 11.4. The van der Waals surface area contributed by atoms with Crippen LogP contribution in [0.4, 0.5) is 0 Å². The third kappa shape index (κ3) is 5.25. The highest BCUT2D eigenvalue weighted by Gasteiger charge is 2.66. The quantitative estimate of drug-likeness (QED) is 0.266. The summed E-state index contributed by atoms with van der Waals surface area (Å²) in [7, 11) is 0. The van der Waals surface area contributed by atoms with Gasteiger partial charge in [0.05, 0.1) is 8.81 Å². The normalized spacial score (nSPS) is 19.9. The van der Waals surface area contributed by atoms with Crippen LogP contribution in [0, 0.1) is 10.8 Å². The average Bonchev–Trinajstić information content (AvgIpc) is 3.22. The molecule has 0 amide bonds. The second kappa shape index (κ2) is 9.11. The van der Waals surface area contributed by atoms with Crippen molar-refractivity contribution in [1.82, 2.24) is 0 Å². The molecular weight excluding hydrogens is 508 g/mol. The van der Waals surface area contributed by atoms with E-state index in [1.807, 2.05) is 80.6 Å². The molecule has 2 aromatic rings. The molecular formula is C25H26Br2O3. The number of esters is 1. The Kier molecular flexibility index (Phi) is 6.93. The fourth-order valence-corrected chi connectivity index (χ4v) is 4.38. The molecule has 2 aromatic carbocycles. The van der Waals surface area contributed by atoms with Gasteiger partial charge in [-0.3, -0.25) is 4.79 Å². The zero-order valence-corrected chi connectivity index (χ0v) is 20.8. The van der Waals surface area contributed by atoms with Gasteiger partial charge in [0.1, 0.15) is 17.6 Å². The number of allylic oxidation sites excluding steroid dienone is 1. The minimum absolute atomic E-state index is 0.148. The average molecular weight is 534 g/mol. The molecule has 2 atom stereocenters. The first-order chi connectivity index (χ1) is 14.1. The van der Waals surface area contributed by atoms with Crippen molar-refractivity contribution in [3.05, 3.63) is 81.3 Å². The van der Waals surface area contributed by atoms with Crippen LogP contribution in [-0.2, 0) is 9.53 Å². The summed E-state index contributed by atoms with van der Waals surface area (Å²) in [6.45, 7) is 8.16. The van der Waals surface area contributed by atoms with Crippen molar-refractivity contribution >= 4 is 37.8 Å². The summed E-state index contributed by atoms with van der Waals surface area (Å²) in [5.74, 6) is 1.24. The molecule has 3 nitrogen and oxygen atoms in total. The van der Waals surface area contributed by atoms with Crippen LogP contribution < -0.4 is 4.74 Å². The fraction of sp³-hybridized carbons (Fsp3) is 0.320. The second-order valence-electron chi connectivity index (χ2n) is 8.52. The van der Waals surface area contributed by atoms with E-state index in [1.54, 1.807) is 0 Å². The van der Waals surface area contributed by atoms with Crippen LogP contribution >= 0.6 is 31.9 Å². The van der Waals surface area contributed by atoms with E-state index in [2.05, 4.69) is 45.7 Å². The Morgan fingerprint density at radius 3 is 2.23 bits per heavy atom. The number of para-hydroxylation sites is 1. The predicted molar refractivity (Wildman–Crippen MR) is 128 cm³/mol. The van der Waals surface area contributed by atoms with Crippen LogP contribution in [0.3, 0.4) is 0 Å². The summed E-state index contributed by atoms with van der Waals surface area (Å²) >= 11 is 6.81. The van der Waals surface area contributed by atoms with Crippen molar-refractivity contribution in [2.45, 2.75) is 40.2 Å². The summed E-state index contributed by atoms with van der Waals surface area (Å²) in [5.41, 5.74) is 1.16. The third-order valence-electron chi connectivity index (χ3n) is 5.41. The Bertz CT molecular complexity index is 971. The van der Waals surface area contributed by atoms with E-state index in [4.69, 9.17) is 9.47 Å². The molecule has 0 aromatic heterocycles. The lowest BCUT2D eigenvalue weighted by Gasteiger charge is -2.21. The Morgan fingerprint density at radius 1 is 1.03 bits per heavy atom. The number of ether oxygens (including phenoxy) is 2. The van der Waals surface area contributed by atoms with Crippen LogP contribution in [0.5, 0.6) is 11.5 Å². The summed E-state index contributed by atoms with van der Waals surface area (Å²) in [6.07, 6.45) is 4.13. The molecule has 2 unspecified atom stereocenters. The monoisotopic (exact) mass is 532 g/mol. The number of hydrogen-bond acceptors (Lipinski definition) is 3. The van der Waals surface area contributed by atoms with Gasteiger partial charge in [-0.05, 0) is 94.0 Å². The van der Waals surface area contributed by atoms with E-state index in [0.29, 0.717) is 5.75 Å². The van der Waals surface area contributed by atoms with E-state index in [9.17, 15) is 4.79 Å². The Morgan fingerprint density at radius 2 is 1.67 bits per heavy atom. The van der Waals surface area contributed by atoms with E-state index >= 15 is 0 Å². The Labute approximate surface area is 195 Å². The number of carbonyl (C=O) groups excluding carboxylic acids is 1. The van der Waals surface area contributed by atoms with Crippen LogP contribution in [0.15, 0.2) is 75.7 Å². The molecule has 1 saturated carbocycles. The van der Waals surface area contributed by atoms with Gasteiger partial charge in [0.15, 0.2) is 0 Å². The fourth-order valence-electron chi connectivity index (χ4n) is 3.59. The highest BCUT2D eigenvalue weighted by Crippen LogP contribution is 2.66. The minimum Gasteiger partial charge on any atom is -0.457 e. The van der Waals surface area contributed by atoms with E-state index in [1.165, 1.54) is 0 Å². The SMILES string of the molecule is CC(C)=CC(OC(=O)C1(C=C(Br)Br)CC1(C)C)c1cccc(Oc2ccccc2)c1. The summed E-state index contributed by atoms with van der Waals surface area (Å²) in [5, 5.41) is 0. The van der Waals surface area contributed by atoms with Crippen molar-refractivity contribution in [2.24, 2.45) is 10.8 Å². The molecule has 3 rings (SSSR count). The van der Waals surface area contributed by atoms with Crippen molar-refractivity contribution in [1.29, 1.82) is 0 Å².